The van der Waals surface area contributed by atoms with Gasteiger partial charge in [-0.05, 0) is 49.1 Å². The highest BCUT2D eigenvalue weighted by molar-refractivity contribution is 9.10. The van der Waals surface area contributed by atoms with E-state index < -0.39 is 6.04 Å². The van der Waals surface area contributed by atoms with Gasteiger partial charge in [0, 0.05) is 17.6 Å². The minimum atomic E-state index is -0.606. The van der Waals surface area contributed by atoms with Crippen molar-refractivity contribution in [1.29, 1.82) is 0 Å². The van der Waals surface area contributed by atoms with Crippen LogP contribution in [-0.2, 0) is 16.1 Å². The van der Waals surface area contributed by atoms with E-state index in [1.165, 1.54) is 0 Å². The third-order valence-corrected chi connectivity index (χ3v) is 5.09. The third-order valence-electron chi connectivity index (χ3n) is 4.56. The zero-order valence-electron chi connectivity index (χ0n) is 17.4. The Kier molecular flexibility index (Phi) is 8.70. The Balaban J connectivity index is 2.13. The third kappa shape index (κ3) is 7.20. The number of aryl methyl sites for hydroxylation is 1. The first-order chi connectivity index (χ1) is 13.8. The maximum Gasteiger partial charge on any atom is 0.261 e. The molecule has 0 aromatic heterocycles. The molecule has 0 saturated heterocycles. The average molecular weight is 461 g/mol. The van der Waals surface area contributed by atoms with Crippen LogP contribution in [0.3, 0.4) is 0 Å². The summed E-state index contributed by atoms with van der Waals surface area (Å²) in [6, 6.07) is 14.7. The molecule has 2 amide bonds. The van der Waals surface area contributed by atoms with E-state index in [0.29, 0.717) is 24.8 Å². The van der Waals surface area contributed by atoms with Crippen molar-refractivity contribution in [2.45, 2.75) is 40.3 Å². The van der Waals surface area contributed by atoms with E-state index in [2.05, 4.69) is 21.2 Å². The van der Waals surface area contributed by atoms with Crippen LogP contribution in [0.5, 0.6) is 5.75 Å². The predicted molar refractivity (Wildman–Crippen MR) is 119 cm³/mol. The van der Waals surface area contributed by atoms with Crippen LogP contribution in [0.4, 0.5) is 0 Å². The molecule has 0 fully saturated rings. The maximum absolute atomic E-state index is 13.0. The molecule has 0 unspecified atom stereocenters. The molecule has 0 aliphatic rings. The van der Waals surface area contributed by atoms with E-state index >= 15 is 0 Å². The van der Waals surface area contributed by atoms with Gasteiger partial charge in [0.25, 0.3) is 5.91 Å². The Bertz CT molecular complexity index is 821. The van der Waals surface area contributed by atoms with Gasteiger partial charge in [-0.15, -0.1) is 0 Å². The van der Waals surface area contributed by atoms with Crippen LogP contribution < -0.4 is 10.1 Å². The molecule has 0 aliphatic heterocycles. The van der Waals surface area contributed by atoms with Crippen molar-refractivity contribution in [1.82, 2.24) is 10.2 Å². The van der Waals surface area contributed by atoms with Crippen LogP contribution in [0.2, 0.25) is 0 Å². The molecule has 2 aromatic rings. The van der Waals surface area contributed by atoms with E-state index in [4.69, 9.17) is 4.74 Å². The number of rotatable bonds is 9. The monoisotopic (exact) mass is 460 g/mol. The van der Waals surface area contributed by atoms with Gasteiger partial charge >= 0.3 is 0 Å². The first kappa shape index (κ1) is 22.9. The Morgan fingerprint density at radius 2 is 1.72 bits per heavy atom. The van der Waals surface area contributed by atoms with Gasteiger partial charge in [0.2, 0.25) is 5.91 Å². The number of carbonyl (C=O) groups is 2. The number of ether oxygens (including phenoxy) is 1. The maximum atomic E-state index is 13.0. The summed E-state index contributed by atoms with van der Waals surface area (Å²) < 4.78 is 6.70. The molecule has 156 valence electrons. The van der Waals surface area contributed by atoms with Crippen LogP contribution >= 0.6 is 15.9 Å². The highest BCUT2D eigenvalue weighted by atomic mass is 79.9. The number of nitrogens with zero attached hydrogens (tertiary/aromatic N) is 1. The lowest BCUT2D eigenvalue weighted by molar-refractivity contribution is -0.142. The summed E-state index contributed by atoms with van der Waals surface area (Å²) in [5, 5.41) is 2.91. The lowest BCUT2D eigenvalue weighted by Crippen LogP contribution is -2.49. The second-order valence-electron chi connectivity index (χ2n) is 7.52. The average Bonchev–Trinajstić information content (AvgIpc) is 2.70. The molecular weight excluding hydrogens is 432 g/mol. The molecule has 2 aromatic carbocycles. The van der Waals surface area contributed by atoms with Crippen molar-refractivity contribution in [2.24, 2.45) is 5.92 Å². The fourth-order valence-electron chi connectivity index (χ4n) is 2.76. The van der Waals surface area contributed by atoms with Crippen molar-refractivity contribution in [3.8, 4) is 5.75 Å². The van der Waals surface area contributed by atoms with Gasteiger partial charge in [0.15, 0.2) is 6.61 Å². The normalized spacial score (nSPS) is 11.8. The number of hydrogen-bond acceptors (Lipinski definition) is 3. The molecule has 0 bridgehead atoms. The summed E-state index contributed by atoms with van der Waals surface area (Å²) in [6.07, 6.45) is 0. The zero-order chi connectivity index (χ0) is 21.4. The number of hydrogen-bond donors (Lipinski definition) is 1. The largest absolute Gasteiger partial charge is 0.484 e. The molecular formula is C23H29BrN2O3. The lowest BCUT2D eigenvalue weighted by atomic mass is 10.1. The minimum Gasteiger partial charge on any atom is -0.484 e. The second kappa shape index (κ2) is 11.0. The summed E-state index contributed by atoms with van der Waals surface area (Å²) in [7, 11) is 0. The molecule has 2 rings (SSSR count). The van der Waals surface area contributed by atoms with E-state index in [1.807, 2.05) is 69.3 Å². The van der Waals surface area contributed by atoms with Gasteiger partial charge < -0.3 is 15.0 Å². The second-order valence-corrected chi connectivity index (χ2v) is 8.43. The van der Waals surface area contributed by atoms with Crippen molar-refractivity contribution < 1.29 is 14.3 Å². The Morgan fingerprint density at radius 3 is 2.34 bits per heavy atom. The quantitative estimate of drug-likeness (QED) is 0.605. The molecule has 6 heteroatoms. The number of nitrogens with one attached hydrogen (secondary N) is 1. The zero-order valence-corrected chi connectivity index (χ0v) is 19.0. The van der Waals surface area contributed by atoms with Crippen LogP contribution in [-0.4, -0.2) is 35.9 Å². The van der Waals surface area contributed by atoms with Gasteiger partial charge in [0.1, 0.15) is 11.8 Å². The number of halogens is 1. The van der Waals surface area contributed by atoms with Gasteiger partial charge in [-0.25, -0.2) is 0 Å². The summed E-state index contributed by atoms with van der Waals surface area (Å²) in [5.41, 5.74) is 1.91. The Labute approximate surface area is 181 Å². The molecule has 0 aliphatic carbocycles. The molecule has 0 spiro atoms. The minimum absolute atomic E-state index is 0.122. The van der Waals surface area contributed by atoms with Crippen molar-refractivity contribution in [3.63, 3.8) is 0 Å². The van der Waals surface area contributed by atoms with Gasteiger partial charge in [0.05, 0.1) is 0 Å². The van der Waals surface area contributed by atoms with Crippen molar-refractivity contribution in [3.05, 3.63) is 64.1 Å². The SMILES string of the molecule is Cc1ccccc1OCC(=O)N(Cc1ccc(Br)cc1)[C@@H](C)C(=O)NCC(C)C. The smallest absolute Gasteiger partial charge is 0.261 e. The highest BCUT2D eigenvalue weighted by Crippen LogP contribution is 2.18. The highest BCUT2D eigenvalue weighted by Gasteiger charge is 2.26. The number of carbonyl (C=O) groups excluding carboxylic acids is 2. The molecule has 1 atom stereocenters. The molecule has 1 N–H and O–H groups in total. The van der Waals surface area contributed by atoms with E-state index in [9.17, 15) is 9.59 Å². The van der Waals surface area contributed by atoms with Gasteiger partial charge in [-0.3, -0.25) is 9.59 Å². The Morgan fingerprint density at radius 1 is 1.07 bits per heavy atom. The molecule has 0 saturated carbocycles. The summed E-state index contributed by atoms with van der Waals surface area (Å²) in [5.74, 6) is 0.607. The summed E-state index contributed by atoms with van der Waals surface area (Å²) in [4.78, 5) is 27.2. The number of para-hydroxylation sites is 1. The standard InChI is InChI=1S/C23H29BrN2O3/c1-16(2)13-25-23(28)18(4)26(14-19-9-11-20(24)12-10-19)22(27)15-29-21-8-6-5-7-17(21)3/h5-12,16,18H,13-15H2,1-4H3,(H,25,28)/t18-/m0/s1. The van der Waals surface area contributed by atoms with E-state index in [-0.39, 0.29) is 18.4 Å². The molecule has 0 radical (unpaired) electrons. The topological polar surface area (TPSA) is 58.6 Å². The van der Waals surface area contributed by atoms with E-state index in [1.54, 1.807) is 11.8 Å². The Hall–Kier alpha value is -2.34. The molecule has 0 heterocycles. The first-order valence-corrected chi connectivity index (χ1v) is 10.6. The molecule has 29 heavy (non-hydrogen) atoms. The van der Waals surface area contributed by atoms with Crippen LogP contribution in [0.15, 0.2) is 53.0 Å². The van der Waals surface area contributed by atoms with Crippen molar-refractivity contribution in [2.75, 3.05) is 13.2 Å². The fourth-order valence-corrected chi connectivity index (χ4v) is 3.03. The van der Waals surface area contributed by atoms with Gasteiger partial charge in [-0.2, -0.15) is 0 Å². The number of benzene rings is 2. The number of amides is 2. The molecule has 5 nitrogen and oxygen atoms in total. The predicted octanol–water partition coefficient (Wildman–Crippen LogP) is 4.33. The van der Waals surface area contributed by atoms with Crippen LogP contribution in [0.1, 0.15) is 31.9 Å². The summed E-state index contributed by atoms with van der Waals surface area (Å²) >= 11 is 3.42. The van der Waals surface area contributed by atoms with E-state index in [0.717, 1.165) is 15.6 Å². The van der Waals surface area contributed by atoms with Gasteiger partial charge in [-0.1, -0.05) is 60.1 Å². The summed E-state index contributed by atoms with van der Waals surface area (Å²) in [6.45, 7) is 8.53. The lowest BCUT2D eigenvalue weighted by Gasteiger charge is -2.29. The van der Waals surface area contributed by atoms with Crippen LogP contribution in [0.25, 0.3) is 0 Å². The van der Waals surface area contributed by atoms with Crippen molar-refractivity contribution >= 4 is 27.7 Å². The first-order valence-electron chi connectivity index (χ1n) is 9.78. The fraction of sp³-hybridized carbons (Fsp3) is 0.391. The van der Waals surface area contributed by atoms with Crippen LogP contribution in [0, 0.1) is 12.8 Å².